The van der Waals surface area contributed by atoms with Crippen LogP contribution in [-0.2, 0) is 6.61 Å². The Morgan fingerprint density at radius 3 is 2.29 bits per heavy atom. The summed E-state index contributed by atoms with van der Waals surface area (Å²) in [5.74, 6) is 0.707. The van der Waals surface area contributed by atoms with Crippen molar-refractivity contribution in [2.75, 3.05) is 0 Å². The van der Waals surface area contributed by atoms with Crippen LogP contribution in [-0.4, -0.2) is 0 Å². The smallest absolute Gasteiger partial charge is 0.336 e. The van der Waals surface area contributed by atoms with Crippen LogP contribution in [0, 0.1) is 11.3 Å². The molecule has 31 heavy (non-hydrogen) atoms. The van der Waals surface area contributed by atoms with Gasteiger partial charge in [0.15, 0.2) is 0 Å². The van der Waals surface area contributed by atoms with Crippen LogP contribution in [0.4, 0.5) is 0 Å². The Balaban J connectivity index is 1.44. The zero-order valence-corrected chi connectivity index (χ0v) is 16.5. The lowest BCUT2D eigenvalue weighted by molar-refractivity contribution is 0.307. The molecule has 0 aliphatic carbocycles. The maximum Gasteiger partial charge on any atom is 0.336 e. The molecule has 0 aliphatic rings. The number of ether oxygens (including phenoxy) is 1. The summed E-state index contributed by atoms with van der Waals surface area (Å²) in [4.78, 5) is 12.1. The van der Waals surface area contributed by atoms with Crippen molar-refractivity contribution in [2.45, 2.75) is 6.61 Å². The van der Waals surface area contributed by atoms with Crippen LogP contribution in [0.2, 0.25) is 0 Å². The second-order valence-corrected chi connectivity index (χ2v) is 7.25. The standard InChI is InChI=1S/C27H17NO3/c28-16-18-5-7-19(8-6-18)20-9-12-23(13-10-20)30-17-22-15-26(29)31-25-14-11-21-3-1-2-4-24(21)27(22)25/h1-15H,17H2. The van der Waals surface area contributed by atoms with Gasteiger partial charge in [-0.15, -0.1) is 0 Å². The van der Waals surface area contributed by atoms with E-state index in [2.05, 4.69) is 6.07 Å². The average Bonchev–Trinajstić information content (AvgIpc) is 2.82. The summed E-state index contributed by atoms with van der Waals surface area (Å²) < 4.78 is 11.4. The van der Waals surface area contributed by atoms with Crippen LogP contribution in [0.3, 0.4) is 0 Å². The molecule has 1 heterocycles. The van der Waals surface area contributed by atoms with Gasteiger partial charge in [-0.05, 0) is 52.2 Å². The second-order valence-electron chi connectivity index (χ2n) is 7.25. The maximum atomic E-state index is 12.1. The molecule has 0 amide bonds. The normalized spacial score (nSPS) is 10.8. The van der Waals surface area contributed by atoms with Crippen LogP contribution >= 0.6 is 0 Å². The lowest BCUT2D eigenvalue weighted by atomic mass is 10.0. The quantitative estimate of drug-likeness (QED) is 0.270. The maximum absolute atomic E-state index is 12.1. The first-order chi connectivity index (χ1) is 15.2. The van der Waals surface area contributed by atoms with Gasteiger partial charge in [0.2, 0.25) is 0 Å². The third kappa shape index (κ3) is 3.65. The number of rotatable bonds is 4. The molecule has 1 aromatic heterocycles. The minimum atomic E-state index is -0.391. The number of nitrogens with zero attached hydrogens (tertiary/aromatic N) is 1. The van der Waals surface area contributed by atoms with Crippen LogP contribution in [0.1, 0.15) is 11.1 Å². The Morgan fingerprint density at radius 1 is 0.839 bits per heavy atom. The summed E-state index contributed by atoms with van der Waals surface area (Å²) in [5, 5.41) is 11.9. The van der Waals surface area contributed by atoms with E-state index < -0.39 is 5.63 Å². The molecule has 5 aromatic rings. The van der Waals surface area contributed by atoms with Crippen molar-refractivity contribution >= 4 is 21.7 Å². The van der Waals surface area contributed by atoms with Crippen molar-refractivity contribution in [1.29, 1.82) is 5.26 Å². The zero-order chi connectivity index (χ0) is 21.2. The van der Waals surface area contributed by atoms with Crippen molar-refractivity contribution < 1.29 is 9.15 Å². The molecular formula is C27H17NO3. The average molecular weight is 403 g/mol. The molecule has 0 radical (unpaired) electrons. The summed E-state index contributed by atoms with van der Waals surface area (Å²) in [6.45, 7) is 0.256. The van der Waals surface area contributed by atoms with E-state index >= 15 is 0 Å². The van der Waals surface area contributed by atoms with Crippen LogP contribution in [0.5, 0.6) is 5.75 Å². The van der Waals surface area contributed by atoms with E-state index in [4.69, 9.17) is 14.4 Å². The van der Waals surface area contributed by atoms with Gasteiger partial charge in [0, 0.05) is 17.0 Å². The fraction of sp³-hybridized carbons (Fsp3) is 0.0370. The minimum absolute atomic E-state index is 0.256. The second kappa shape index (κ2) is 7.81. The Hall–Kier alpha value is -4.36. The molecule has 0 saturated heterocycles. The van der Waals surface area contributed by atoms with Crippen LogP contribution in [0.15, 0.2) is 100 Å². The largest absolute Gasteiger partial charge is 0.489 e. The molecule has 4 heteroatoms. The molecule has 0 spiro atoms. The Morgan fingerprint density at radius 2 is 1.55 bits per heavy atom. The predicted molar refractivity (Wildman–Crippen MR) is 121 cm³/mol. The highest BCUT2D eigenvalue weighted by Gasteiger charge is 2.10. The van der Waals surface area contributed by atoms with Crippen molar-refractivity contribution in [3.8, 4) is 22.9 Å². The SMILES string of the molecule is N#Cc1ccc(-c2ccc(OCc3cc(=O)oc4ccc5ccccc5c34)cc2)cc1. The molecule has 0 saturated carbocycles. The topological polar surface area (TPSA) is 63.2 Å². The third-order valence-corrected chi connectivity index (χ3v) is 5.31. The molecular weight excluding hydrogens is 386 g/mol. The number of fused-ring (bicyclic) bond motifs is 3. The van der Waals surface area contributed by atoms with Crippen molar-refractivity contribution in [2.24, 2.45) is 0 Å². The van der Waals surface area contributed by atoms with Gasteiger partial charge in [-0.3, -0.25) is 0 Å². The highest BCUT2D eigenvalue weighted by molar-refractivity contribution is 6.07. The summed E-state index contributed by atoms with van der Waals surface area (Å²) in [6.07, 6.45) is 0. The Bertz CT molecular complexity index is 1490. The molecule has 0 bridgehead atoms. The van der Waals surface area contributed by atoms with Gasteiger partial charge in [0.1, 0.15) is 17.9 Å². The van der Waals surface area contributed by atoms with E-state index in [1.54, 1.807) is 12.1 Å². The summed E-state index contributed by atoms with van der Waals surface area (Å²) in [6, 6.07) is 30.6. The Kier molecular flexibility index (Phi) is 4.70. The summed E-state index contributed by atoms with van der Waals surface area (Å²) in [7, 11) is 0. The van der Waals surface area contributed by atoms with Crippen LogP contribution in [0.25, 0.3) is 32.9 Å². The minimum Gasteiger partial charge on any atom is -0.489 e. The number of hydrogen-bond donors (Lipinski definition) is 0. The van der Waals surface area contributed by atoms with Crippen molar-refractivity contribution in [3.63, 3.8) is 0 Å². The molecule has 4 nitrogen and oxygen atoms in total. The lowest BCUT2D eigenvalue weighted by Gasteiger charge is -2.11. The van der Waals surface area contributed by atoms with Crippen molar-refractivity contribution in [1.82, 2.24) is 0 Å². The lowest BCUT2D eigenvalue weighted by Crippen LogP contribution is -2.04. The molecule has 0 fully saturated rings. The summed E-state index contributed by atoms with van der Waals surface area (Å²) in [5.41, 5.74) is 3.66. The van der Waals surface area contributed by atoms with Gasteiger partial charge in [0.25, 0.3) is 0 Å². The fourth-order valence-electron chi connectivity index (χ4n) is 3.78. The van der Waals surface area contributed by atoms with E-state index in [0.717, 1.165) is 32.8 Å². The fourth-order valence-corrected chi connectivity index (χ4v) is 3.78. The van der Waals surface area contributed by atoms with Gasteiger partial charge in [0.05, 0.1) is 11.6 Å². The van der Waals surface area contributed by atoms with E-state index in [0.29, 0.717) is 16.9 Å². The number of benzene rings is 4. The van der Waals surface area contributed by atoms with Gasteiger partial charge < -0.3 is 9.15 Å². The number of nitriles is 1. The van der Waals surface area contributed by atoms with E-state index in [-0.39, 0.29) is 6.61 Å². The summed E-state index contributed by atoms with van der Waals surface area (Å²) >= 11 is 0. The predicted octanol–water partition coefficient (Wildman–Crippen LogP) is 6.06. The van der Waals surface area contributed by atoms with Crippen LogP contribution < -0.4 is 10.4 Å². The molecule has 0 unspecified atom stereocenters. The molecule has 0 N–H and O–H groups in total. The molecule has 4 aromatic carbocycles. The van der Waals surface area contributed by atoms with Gasteiger partial charge in [-0.1, -0.05) is 54.6 Å². The van der Waals surface area contributed by atoms with E-state index in [9.17, 15) is 4.79 Å². The van der Waals surface area contributed by atoms with E-state index in [1.165, 1.54) is 6.07 Å². The van der Waals surface area contributed by atoms with Crippen molar-refractivity contribution in [3.05, 3.63) is 113 Å². The van der Waals surface area contributed by atoms with Gasteiger partial charge >= 0.3 is 5.63 Å². The van der Waals surface area contributed by atoms with E-state index in [1.807, 2.05) is 72.8 Å². The molecule has 5 rings (SSSR count). The van der Waals surface area contributed by atoms with Gasteiger partial charge in [-0.2, -0.15) is 5.26 Å². The first kappa shape index (κ1) is 18.7. The highest BCUT2D eigenvalue weighted by atomic mass is 16.5. The molecule has 0 atom stereocenters. The third-order valence-electron chi connectivity index (χ3n) is 5.31. The highest BCUT2D eigenvalue weighted by Crippen LogP contribution is 2.29. The monoisotopic (exact) mass is 403 g/mol. The first-order valence-corrected chi connectivity index (χ1v) is 9.89. The van der Waals surface area contributed by atoms with Gasteiger partial charge in [-0.25, -0.2) is 4.79 Å². The molecule has 0 aliphatic heterocycles. The number of hydrogen-bond acceptors (Lipinski definition) is 4. The molecule has 148 valence electrons. The first-order valence-electron chi connectivity index (χ1n) is 9.89. The zero-order valence-electron chi connectivity index (χ0n) is 16.5. The Labute approximate surface area is 178 Å².